The zero-order chi connectivity index (χ0) is 15.2. The lowest BCUT2D eigenvalue weighted by molar-refractivity contribution is 1.29. The van der Waals surface area contributed by atoms with Crippen LogP contribution in [-0.4, -0.2) is 25.1 Å². The van der Waals surface area contributed by atoms with Gasteiger partial charge in [0.15, 0.2) is 0 Å². The first kappa shape index (κ1) is 14.3. The van der Waals surface area contributed by atoms with Crippen molar-refractivity contribution in [3.05, 3.63) is 41.5 Å². The van der Waals surface area contributed by atoms with E-state index in [1.54, 1.807) is 0 Å². The molecule has 21 heavy (non-hydrogen) atoms. The average Bonchev–Trinajstić information content (AvgIpc) is 2.68. The topological polar surface area (TPSA) is 59.7 Å². The molecule has 0 unspecified atom stereocenters. The maximum atomic E-state index is 7.90. The largest absolute Gasteiger partial charge is 0.325 e. The third-order valence-corrected chi connectivity index (χ3v) is 8.04. The second-order valence-electron chi connectivity index (χ2n) is 6.63. The normalized spacial score (nSPS) is 14.4. The maximum absolute atomic E-state index is 7.90. The summed E-state index contributed by atoms with van der Waals surface area (Å²) in [6, 6.07) is 10.5. The van der Waals surface area contributed by atoms with Gasteiger partial charge in [0.25, 0.3) is 0 Å². The van der Waals surface area contributed by atoms with E-state index in [1.165, 1.54) is 10.3 Å². The minimum absolute atomic E-state index is 0.328. The van der Waals surface area contributed by atoms with Crippen LogP contribution in [0.25, 0.3) is 10.8 Å². The maximum Gasteiger partial charge on any atom is 0.131 e. The SMILES string of the molecule is C[Si](C)(C)CSc1ccc2cc3c(cc2c1)C(=N)NC3=N. The first-order chi connectivity index (χ1) is 9.83. The molecule has 2 aromatic rings. The molecule has 3 N–H and O–H groups in total. The monoisotopic (exact) mass is 313 g/mol. The van der Waals surface area contributed by atoms with Crippen LogP contribution in [0.5, 0.6) is 0 Å². The van der Waals surface area contributed by atoms with Crippen LogP contribution in [0.3, 0.4) is 0 Å². The highest BCUT2D eigenvalue weighted by molar-refractivity contribution is 8.01. The highest BCUT2D eigenvalue weighted by atomic mass is 32.2. The van der Waals surface area contributed by atoms with Crippen LogP contribution < -0.4 is 5.32 Å². The lowest BCUT2D eigenvalue weighted by Gasteiger charge is -2.15. The summed E-state index contributed by atoms with van der Waals surface area (Å²) in [6.07, 6.45) is 0. The first-order valence-electron chi connectivity index (χ1n) is 6.99. The quantitative estimate of drug-likeness (QED) is 0.591. The molecule has 3 nitrogen and oxygen atoms in total. The van der Waals surface area contributed by atoms with Crippen molar-refractivity contribution in [3.8, 4) is 0 Å². The van der Waals surface area contributed by atoms with Gasteiger partial charge in [0.05, 0.1) is 8.07 Å². The summed E-state index contributed by atoms with van der Waals surface area (Å²) in [4.78, 5) is 1.29. The highest BCUT2D eigenvalue weighted by Crippen LogP contribution is 2.29. The van der Waals surface area contributed by atoms with Crippen LogP contribution in [0, 0.1) is 10.8 Å². The molecule has 0 aliphatic carbocycles. The van der Waals surface area contributed by atoms with Gasteiger partial charge in [-0.2, -0.15) is 0 Å². The second kappa shape index (κ2) is 5.00. The number of rotatable bonds is 3. The molecule has 1 aliphatic heterocycles. The van der Waals surface area contributed by atoms with E-state index in [2.05, 4.69) is 43.2 Å². The van der Waals surface area contributed by atoms with Gasteiger partial charge in [0.1, 0.15) is 11.7 Å². The van der Waals surface area contributed by atoms with E-state index in [1.807, 2.05) is 23.9 Å². The Labute approximate surface area is 130 Å². The summed E-state index contributed by atoms with van der Waals surface area (Å²) in [5, 5.41) is 22.0. The van der Waals surface area contributed by atoms with Crippen LogP contribution in [0.15, 0.2) is 35.2 Å². The molecule has 1 aliphatic rings. The van der Waals surface area contributed by atoms with Crippen molar-refractivity contribution in [1.82, 2.24) is 5.32 Å². The smallest absolute Gasteiger partial charge is 0.131 e. The predicted octanol–water partition coefficient (Wildman–Crippen LogP) is 4.06. The van der Waals surface area contributed by atoms with E-state index in [4.69, 9.17) is 10.8 Å². The van der Waals surface area contributed by atoms with E-state index < -0.39 is 8.07 Å². The Bertz CT molecular complexity index is 762. The van der Waals surface area contributed by atoms with Gasteiger partial charge in [-0.1, -0.05) is 25.7 Å². The molecule has 1 heterocycles. The molecule has 0 fully saturated rings. The lowest BCUT2D eigenvalue weighted by Crippen LogP contribution is -2.23. The van der Waals surface area contributed by atoms with Crippen molar-refractivity contribution in [2.45, 2.75) is 24.5 Å². The molecule has 0 bridgehead atoms. The molecule has 108 valence electrons. The standard InChI is InChI=1S/C16H19N3SSi/c1-21(2,3)9-20-12-5-4-10-7-13-14(8-11(10)6-12)16(18)19-15(13)17/h4-8H,9H2,1-3H3,(H3,17,18,19). The van der Waals surface area contributed by atoms with Crippen molar-refractivity contribution < 1.29 is 0 Å². The van der Waals surface area contributed by atoms with Crippen molar-refractivity contribution in [3.63, 3.8) is 0 Å². The zero-order valence-corrected chi connectivity index (χ0v) is 14.3. The average molecular weight is 314 g/mol. The third-order valence-electron chi connectivity index (χ3n) is 3.41. The minimum Gasteiger partial charge on any atom is -0.325 e. The van der Waals surface area contributed by atoms with Crippen molar-refractivity contribution in [1.29, 1.82) is 10.8 Å². The molecule has 0 aromatic heterocycles. The predicted molar refractivity (Wildman–Crippen MR) is 94.8 cm³/mol. The zero-order valence-electron chi connectivity index (χ0n) is 12.5. The number of hydrogen-bond acceptors (Lipinski definition) is 3. The number of benzene rings is 2. The van der Waals surface area contributed by atoms with Crippen molar-refractivity contribution in [2.24, 2.45) is 0 Å². The number of amidine groups is 2. The Balaban J connectivity index is 1.99. The molecule has 0 amide bonds. The van der Waals surface area contributed by atoms with Gasteiger partial charge in [-0.25, -0.2) is 0 Å². The van der Waals surface area contributed by atoms with E-state index in [0.717, 1.165) is 21.9 Å². The van der Waals surface area contributed by atoms with Crippen LogP contribution in [0.1, 0.15) is 11.1 Å². The summed E-state index contributed by atoms with van der Waals surface area (Å²) < 4.78 is 0. The fourth-order valence-electron chi connectivity index (χ4n) is 2.34. The Morgan fingerprint density at radius 2 is 1.57 bits per heavy atom. The van der Waals surface area contributed by atoms with Gasteiger partial charge in [-0.15, -0.1) is 11.8 Å². The van der Waals surface area contributed by atoms with Crippen LogP contribution in [-0.2, 0) is 0 Å². The Morgan fingerprint density at radius 1 is 0.952 bits per heavy atom. The molecule has 0 atom stereocenters. The van der Waals surface area contributed by atoms with E-state index >= 15 is 0 Å². The van der Waals surface area contributed by atoms with Crippen LogP contribution in [0.2, 0.25) is 19.6 Å². The van der Waals surface area contributed by atoms with Crippen molar-refractivity contribution in [2.75, 3.05) is 5.38 Å². The molecule has 2 aromatic carbocycles. The third kappa shape index (κ3) is 2.89. The summed E-state index contributed by atoms with van der Waals surface area (Å²) >= 11 is 1.93. The summed E-state index contributed by atoms with van der Waals surface area (Å²) in [5.41, 5.74) is 1.66. The first-order valence-corrected chi connectivity index (χ1v) is 11.7. The van der Waals surface area contributed by atoms with E-state index in [0.29, 0.717) is 11.7 Å². The fraction of sp³-hybridized carbons (Fsp3) is 0.250. The van der Waals surface area contributed by atoms with Crippen molar-refractivity contribution >= 4 is 42.3 Å². The number of thioether (sulfide) groups is 1. The van der Waals surface area contributed by atoms with Gasteiger partial charge in [-0.05, 0) is 40.4 Å². The molecule has 0 radical (unpaired) electrons. The second-order valence-corrected chi connectivity index (χ2v) is 13.7. The lowest BCUT2D eigenvalue weighted by atomic mass is 10.0. The Hall–Kier alpha value is -1.59. The van der Waals surface area contributed by atoms with Gasteiger partial charge < -0.3 is 5.32 Å². The molecule has 0 spiro atoms. The molecular formula is C16H19N3SSi. The molecule has 3 rings (SSSR count). The Kier molecular flexibility index (Phi) is 3.41. The van der Waals surface area contributed by atoms with E-state index in [9.17, 15) is 0 Å². The number of fused-ring (bicyclic) bond motifs is 2. The molecule has 0 saturated carbocycles. The van der Waals surface area contributed by atoms with Gasteiger partial charge >= 0.3 is 0 Å². The van der Waals surface area contributed by atoms with Gasteiger partial charge in [-0.3, -0.25) is 10.8 Å². The molecular weight excluding hydrogens is 294 g/mol. The molecule has 0 saturated heterocycles. The van der Waals surface area contributed by atoms with Gasteiger partial charge in [0.2, 0.25) is 0 Å². The summed E-state index contributed by atoms with van der Waals surface area (Å²) in [7, 11) is -1.05. The van der Waals surface area contributed by atoms with Crippen LogP contribution in [0.4, 0.5) is 0 Å². The molecule has 5 heteroatoms. The fourth-order valence-corrected chi connectivity index (χ4v) is 5.11. The van der Waals surface area contributed by atoms with Gasteiger partial charge in [0, 0.05) is 16.0 Å². The summed E-state index contributed by atoms with van der Waals surface area (Å²) in [6.45, 7) is 7.14. The Morgan fingerprint density at radius 3 is 2.19 bits per heavy atom. The number of nitrogens with one attached hydrogen (secondary N) is 3. The minimum atomic E-state index is -1.05. The summed E-state index contributed by atoms with van der Waals surface area (Å²) in [5.74, 6) is 0.658. The van der Waals surface area contributed by atoms with E-state index in [-0.39, 0.29) is 0 Å². The number of hydrogen-bond donors (Lipinski definition) is 3. The van der Waals surface area contributed by atoms with Crippen LogP contribution >= 0.6 is 11.8 Å². The highest BCUT2D eigenvalue weighted by Gasteiger charge is 2.21.